The molecular formula is C24H26N4O3. The molecule has 31 heavy (non-hydrogen) atoms. The third-order valence-electron chi connectivity index (χ3n) is 5.68. The SMILES string of the molecule is Cc1cccc(C(=O)N2CCCC2)c1NC(=O)C1=NN(Cc2ccccc2)C(=O)CC1. The molecule has 0 saturated carbocycles. The summed E-state index contributed by atoms with van der Waals surface area (Å²) in [6.07, 6.45) is 2.51. The number of aryl methyl sites for hydroxylation is 1. The molecule has 0 aromatic heterocycles. The third-order valence-corrected chi connectivity index (χ3v) is 5.68. The van der Waals surface area contributed by atoms with E-state index < -0.39 is 0 Å². The van der Waals surface area contributed by atoms with Crippen LogP contribution in [0.3, 0.4) is 0 Å². The van der Waals surface area contributed by atoms with Gasteiger partial charge in [0.15, 0.2) is 0 Å². The van der Waals surface area contributed by atoms with Gasteiger partial charge in [0.05, 0.1) is 17.8 Å². The molecule has 0 atom stereocenters. The Morgan fingerprint density at radius 3 is 2.48 bits per heavy atom. The van der Waals surface area contributed by atoms with Gasteiger partial charge >= 0.3 is 0 Å². The van der Waals surface area contributed by atoms with Gasteiger partial charge in [-0.15, -0.1) is 0 Å². The molecule has 0 radical (unpaired) electrons. The summed E-state index contributed by atoms with van der Waals surface area (Å²) in [5.41, 5.74) is 3.05. The van der Waals surface area contributed by atoms with Crippen molar-refractivity contribution in [3.63, 3.8) is 0 Å². The highest BCUT2D eigenvalue weighted by molar-refractivity contribution is 6.44. The molecule has 1 saturated heterocycles. The van der Waals surface area contributed by atoms with E-state index in [9.17, 15) is 14.4 Å². The average molecular weight is 418 g/mol. The molecule has 3 amide bonds. The van der Waals surface area contributed by atoms with Gasteiger partial charge in [0.1, 0.15) is 5.71 Å². The minimum atomic E-state index is -0.379. The fourth-order valence-electron chi connectivity index (χ4n) is 3.93. The molecule has 160 valence electrons. The van der Waals surface area contributed by atoms with E-state index in [2.05, 4.69) is 10.4 Å². The molecule has 0 unspecified atom stereocenters. The maximum absolute atomic E-state index is 13.0. The molecule has 0 spiro atoms. The zero-order valence-corrected chi connectivity index (χ0v) is 17.6. The van der Waals surface area contributed by atoms with E-state index >= 15 is 0 Å². The van der Waals surface area contributed by atoms with Crippen LogP contribution < -0.4 is 5.32 Å². The number of hydrogen-bond donors (Lipinski definition) is 1. The monoisotopic (exact) mass is 418 g/mol. The van der Waals surface area contributed by atoms with E-state index in [4.69, 9.17) is 0 Å². The lowest BCUT2D eigenvalue weighted by molar-refractivity contribution is -0.132. The van der Waals surface area contributed by atoms with E-state index in [1.54, 1.807) is 6.07 Å². The van der Waals surface area contributed by atoms with Crippen molar-refractivity contribution in [1.82, 2.24) is 9.91 Å². The summed E-state index contributed by atoms with van der Waals surface area (Å²) in [6.45, 7) is 3.66. The lowest BCUT2D eigenvalue weighted by atomic mass is 10.1. The van der Waals surface area contributed by atoms with Crippen LogP contribution in [0.15, 0.2) is 53.6 Å². The number of carbonyl (C=O) groups is 3. The van der Waals surface area contributed by atoms with Gasteiger partial charge in [0.2, 0.25) is 5.91 Å². The van der Waals surface area contributed by atoms with Gasteiger partial charge < -0.3 is 10.2 Å². The number of rotatable bonds is 5. The van der Waals surface area contributed by atoms with E-state index in [1.165, 1.54) is 5.01 Å². The first-order valence-corrected chi connectivity index (χ1v) is 10.6. The first-order chi connectivity index (χ1) is 15.0. The summed E-state index contributed by atoms with van der Waals surface area (Å²) < 4.78 is 0. The summed E-state index contributed by atoms with van der Waals surface area (Å²) in [5.74, 6) is -0.556. The Morgan fingerprint density at radius 1 is 1.00 bits per heavy atom. The quantitative estimate of drug-likeness (QED) is 0.808. The van der Waals surface area contributed by atoms with Crippen LogP contribution in [-0.2, 0) is 16.1 Å². The molecule has 7 nitrogen and oxygen atoms in total. The summed E-state index contributed by atoms with van der Waals surface area (Å²) in [4.78, 5) is 40.1. The number of carbonyl (C=O) groups excluding carboxylic acids is 3. The molecule has 1 N–H and O–H groups in total. The molecule has 2 aromatic carbocycles. The number of nitrogens with zero attached hydrogens (tertiary/aromatic N) is 3. The van der Waals surface area contributed by atoms with Crippen molar-refractivity contribution < 1.29 is 14.4 Å². The van der Waals surface area contributed by atoms with E-state index in [-0.39, 0.29) is 30.6 Å². The number of amides is 3. The number of likely N-dealkylation sites (tertiary alicyclic amines) is 1. The van der Waals surface area contributed by atoms with Gasteiger partial charge in [-0.2, -0.15) is 5.10 Å². The lowest BCUT2D eigenvalue weighted by Crippen LogP contribution is -2.36. The standard InChI is InChI=1S/C24H26N4O3/c1-17-8-7-11-19(24(31)27-14-5-6-15-27)22(17)25-23(30)20-12-13-21(29)28(26-20)16-18-9-3-2-4-10-18/h2-4,7-11H,5-6,12-16H2,1H3,(H,25,30). The summed E-state index contributed by atoms with van der Waals surface area (Å²) in [7, 11) is 0. The molecule has 0 bridgehead atoms. The van der Waals surface area contributed by atoms with Crippen molar-refractivity contribution in [2.24, 2.45) is 5.10 Å². The second-order valence-electron chi connectivity index (χ2n) is 7.93. The Morgan fingerprint density at radius 2 is 1.74 bits per heavy atom. The molecule has 1 fully saturated rings. The van der Waals surface area contributed by atoms with Crippen molar-refractivity contribution in [2.45, 2.75) is 39.2 Å². The van der Waals surface area contributed by atoms with Gasteiger partial charge in [-0.3, -0.25) is 14.4 Å². The predicted octanol–water partition coefficient (Wildman–Crippen LogP) is 3.35. The minimum absolute atomic E-state index is 0.0667. The second kappa shape index (κ2) is 9.12. The van der Waals surface area contributed by atoms with Crippen LogP contribution in [0.4, 0.5) is 5.69 Å². The fraction of sp³-hybridized carbons (Fsp3) is 0.333. The average Bonchev–Trinajstić information content (AvgIpc) is 3.32. The van der Waals surface area contributed by atoms with Crippen LogP contribution in [0.25, 0.3) is 0 Å². The molecule has 2 heterocycles. The van der Waals surface area contributed by atoms with Gasteiger partial charge in [0.25, 0.3) is 11.8 Å². The highest BCUT2D eigenvalue weighted by atomic mass is 16.2. The highest BCUT2D eigenvalue weighted by Crippen LogP contribution is 2.24. The second-order valence-corrected chi connectivity index (χ2v) is 7.93. The van der Waals surface area contributed by atoms with Crippen LogP contribution in [0, 0.1) is 6.92 Å². The first-order valence-electron chi connectivity index (χ1n) is 10.6. The molecule has 0 aliphatic carbocycles. The largest absolute Gasteiger partial charge is 0.339 e. The fourth-order valence-corrected chi connectivity index (χ4v) is 3.93. The maximum Gasteiger partial charge on any atom is 0.271 e. The number of hydrogen-bond acceptors (Lipinski definition) is 4. The Bertz CT molecular complexity index is 1030. The molecule has 2 aliphatic rings. The molecular weight excluding hydrogens is 392 g/mol. The lowest BCUT2D eigenvalue weighted by Gasteiger charge is -2.24. The van der Waals surface area contributed by atoms with Crippen molar-refractivity contribution >= 4 is 29.1 Å². The van der Waals surface area contributed by atoms with Gasteiger partial charge in [-0.1, -0.05) is 42.5 Å². The topological polar surface area (TPSA) is 82.1 Å². The minimum Gasteiger partial charge on any atom is -0.339 e. The Labute approximate surface area is 181 Å². The Hall–Kier alpha value is -3.48. The molecule has 2 aromatic rings. The number of hydrazone groups is 1. The van der Waals surface area contributed by atoms with Crippen molar-refractivity contribution in [3.8, 4) is 0 Å². The summed E-state index contributed by atoms with van der Waals surface area (Å²) in [6, 6.07) is 15.0. The maximum atomic E-state index is 13.0. The summed E-state index contributed by atoms with van der Waals surface area (Å²) in [5, 5.41) is 8.57. The Balaban J connectivity index is 1.54. The van der Waals surface area contributed by atoms with Crippen molar-refractivity contribution in [1.29, 1.82) is 0 Å². The zero-order valence-electron chi connectivity index (χ0n) is 17.6. The molecule has 7 heteroatoms. The summed E-state index contributed by atoms with van der Waals surface area (Å²) >= 11 is 0. The normalized spacial score (nSPS) is 16.3. The number of anilines is 1. The van der Waals surface area contributed by atoms with Crippen LogP contribution in [0.1, 0.15) is 47.2 Å². The van der Waals surface area contributed by atoms with E-state index in [1.807, 2.05) is 54.3 Å². The first kappa shape index (κ1) is 20.8. The smallest absolute Gasteiger partial charge is 0.271 e. The van der Waals surface area contributed by atoms with Gasteiger partial charge in [0, 0.05) is 25.9 Å². The Kier molecular flexibility index (Phi) is 6.11. The van der Waals surface area contributed by atoms with E-state index in [0.29, 0.717) is 23.5 Å². The van der Waals surface area contributed by atoms with Crippen LogP contribution in [0.5, 0.6) is 0 Å². The molecule has 2 aliphatic heterocycles. The molecule has 4 rings (SSSR count). The predicted molar refractivity (Wildman–Crippen MR) is 119 cm³/mol. The number of benzene rings is 2. The number of para-hydroxylation sites is 1. The van der Waals surface area contributed by atoms with Crippen LogP contribution >= 0.6 is 0 Å². The van der Waals surface area contributed by atoms with Crippen LogP contribution in [-0.4, -0.2) is 46.4 Å². The highest BCUT2D eigenvalue weighted by Gasteiger charge is 2.27. The third kappa shape index (κ3) is 4.66. The van der Waals surface area contributed by atoms with Gasteiger partial charge in [-0.05, 0) is 37.0 Å². The van der Waals surface area contributed by atoms with Crippen LogP contribution in [0.2, 0.25) is 0 Å². The van der Waals surface area contributed by atoms with Gasteiger partial charge in [-0.25, -0.2) is 5.01 Å². The zero-order chi connectivity index (χ0) is 21.8. The number of nitrogens with one attached hydrogen (secondary N) is 1. The van der Waals surface area contributed by atoms with E-state index in [0.717, 1.165) is 37.1 Å². The van der Waals surface area contributed by atoms with Crippen molar-refractivity contribution in [3.05, 3.63) is 65.2 Å². The van der Waals surface area contributed by atoms with Crippen molar-refractivity contribution in [2.75, 3.05) is 18.4 Å².